The predicted molar refractivity (Wildman–Crippen MR) is 85.7 cm³/mol. The van der Waals surface area contributed by atoms with Crippen LogP contribution in [0.3, 0.4) is 0 Å². The highest BCUT2D eigenvalue weighted by molar-refractivity contribution is 9.09. The Morgan fingerprint density at radius 3 is 1.78 bits per heavy atom. The minimum atomic E-state index is 0.498. The molecule has 0 aliphatic heterocycles. The van der Waals surface area contributed by atoms with Crippen molar-refractivity contribution in [3.63, 3.8) is 0 Å². The molecular formula is C17H27Br. The standard InChI is InChI=1S/C17H27Br/c1-6-12(5)17(18)16-14(8-3)10-13(7-2)11-15(16)9-4/h10-12,17H,6-9H2,1-5H3. The Bertz CT molecular complexity index is 356. The van der Waals surface area contributed by atoms with Gasteiger partial charge in [-0.3, -0.25) is 0 Å². The Labute approximate surface area is 121 Å². The molecule has 0 aliphatic rings. The van der Waals surface area contributed by atoms with Gasteiger partial charge in [-0.1, -0.05) is 69.1 Å². The van der Waals surface area contributed by atoms with E-state index < -0.39 is 0 Å². The monoisotopic (exact) mass is 310 g/mol. The first-order chi connectivity index (χ1) is 8.58. The van der Waals surface area contributed by atoms with E-state index in [1.54, 1.807) is 5.56 Å². The van der Waals surface area contributed by atoms with Crippen LogP contribution in [0.2, 0.25) is 0 Å². The maximum atomic E-state index is 3.94. The van der Waals surface area contributed by atoms with Crippen LogP contribution < -0.4 is 0 Å². The average molecular weight is 311 g/mol. The highest BCUT2D eigenvalue weighted by Gasteiger charge is 2.20. The SMILES string of the molecule is CCc1cc(CC)c(C(Br)C(C)CC)c(CC)c1. The second-order valence-electron chi connectivity index (χ2n) is 5.18. The van der Waals surface area contributed by atoms with Crippen molar-refractivity contribution in [1.82, 2.24) is 0 Å². The first-order valence-corrected chi connectivity index (χ1v) is 8.29. The second kappa shape index (κ2) is 7.33. The van der Waals surface area contributed by atoms with E-state index in [1.165, 1.54) is 23.1 Å². The third-order valence-electron chi connectivity index (χ3n) is 4.00. The third kappa shape index (κ3) is 3.38. The van der Waals surface area contributed by atoms with Gasteiger partial charge >= 0.3 is 0 Å². The smallest absolute Gasteiger partial charge is 0.0426 e. The van der Waals surface area contributed by atoms with E-state index in [2.05, 4.69) is 62.7 Å². The Morgan fingerprint density at radius 1 is 0.944 bits per heavy atom. The van der Waals surface area contributed by atoms with Gasteiger partial charge in [-0.2, -0.15) is 0 Å². The molecule has 0 bridgehead atoms. The summed E-state index contributed by atoms with van der Waals surface area (Å²) in [7, 11) is 0. The quantitative estimate of drug-likeness (QED) is 0.578. The topological polar surface area (TPSA) is 0 Å². The van der Waals surface area contributed by atoms with E-state index in [1.807, 2.05) is 0 Å². The summed E-state index contributed by atoms with van der Waals surface area (Å²) in [6.45, 7) is 11.4. The van der Waals surface area contributed by atoms with Gasteiger partial charge in [-0.25, -0.2) is 0 Å². The van der Waals surface area contributed by atoms with Gasteiger partial charge in [0.2, 0.25) is 0 Å². The molecule has 1 rings (SSSR count). The molecule has 2 atom stereocenters. The lowest BCUT2D eigenvalue weighted by Crippen LogP contribution is -2.09. The minimum Gasteiger partial charge on any atom is -0.0836 e. The summed E-state index contributed by atoms with van der Waals surface area (Å²) in [5.74, 6) is 0.688. The van der Waals surface area contributed by atoms with Crippen LogP contribution in [0.25, 0.3) is 0 Å². The number of alkyl halides is 1. The molecule has 0 nitrogen and oxygen atoms in total. The molecule has 0 radical (unpaired) electrons. The zero-order valence-corrected chi connectivity index (χ0v) is 14.1. The Morgan fingerprint density at radius 2 is 1.44 bits per heavy atom. The molecule has 0 aliphatic carbocycles. The van der Waals surface area contributed by atoms with Gasteiger partial charge in [-0.05, 0) is 47.4 Å². The number of rotatable bonds is 6. The van der Waals surface area contributed by atoms with E-state index in [9.17, 15) is 0 Å². The molecule has 18 heavy (non-hydrogen) atoms. The van der Waals surface area contributed by atoms with Crippen molar-refractivity contribution in [2.24, 2.45) is 5.92 Å². The van der Waals surface area contributed by atoms with Crippen molar-refractivity contribution < 1.29 is 0 Å². The van der Waals surface area contributed by atoms with Crippen LogP contribution in [0.5, 0.6) is 0 Å². The summed E-state index contributed by atoms with van der Waals surface area (Å²) < 4.78 is 0. The van der Waals surface area contributed by atoms with Gasteiger partial charge in [0, 0.05) is 4.83 Å². The molecule has 0 saturated heterocycles. The molecule has 0 fully saturated rings. The van der Waals surface area contributed by atoms with E-state index in [0.29, 0.717) is 10.7 Å². The van der Waals surface area contributed by atoms with Crippen molar-refractivity contribution in [3.05, 3.63) is 34.4 Å². The Balaban J connectivity index is 3.30. The lowest BCUT2D eigenvalue weighted by atomic mass is 9.87. The van der Waals surface area contributed by atoms with E-state index in [0.717, 1.165) is 19.3 Å². The summed E-state index contributed by atoms with van der Waals surface area (Å²) in [6, 6.07) is 4.82. The first-order valence-electron chi connectivity index (χ1n) is 7.37. The highest BCUT2D eigenvalue weighted by atomic mass is 79.9. The lowest BCUT2D eigenvalue weighted by Gasteiger charge is -2.24. The fourth-order valence-electron chi connectivity index (χ4n) is 2.49. The van der Waals surface area contributed by atoms with Gasteiger partial charge < -0.3 is 0 Å². The van der Waals surface area contributed by atoms with E-state index >= 15 is 0 Å². The Kier molecular flexibility index (Phi) is 6.42. The van der Waals surface area contributed by atoms with Gasteiger partial charge in [-0.15, -0.1) is 0 Å². The van der Waals surface area contributed by atoms with Gasteiger partial charge in [0.15, 0.2) is 0 Å². The number of halogens is 1. The number of hydrogen-bond donors (Lipinski definition) is 0. The van der Waals surface area contributed by atoms with Gasteiger partial charge in [0.25, 0.3) is 0 Å². The van der Waals surface area contributed by atoms with Crippen LogP contribution in [0, 0.1) is 5.92 Å². The molecule has 1 heteroatoms. The predicted octanol–water partition coefficient (Wildman–Crippen LogP) is 5.86. The second-order valence-corrected chi connectivity index (χ2v) is 6.16. The van der Waals surface area contributed by atoms with Crippen LogP contribution in [0.4, 0.5) is 0 Å². The van der Waals surface area contributed by atoms with Crippen molar-refractivity contribution in [1.29, 1.82) is 0 Å². The molecule has 0 spiro atoms. The van der Waals surface area contributed by atoms with Crippen molar-refractivity contribution in [3.8, 4) is 0 Å². The van der Waals surface area contributed by atoms with Crippen LogP contribution in [0.1, 0.15) is 68.1 Å². The van der Waals surface area contributed by atoms with Crippen molar-refractivity contribution >= 4 is 15.9 Å². The molecule has 0 heterocycles. The molecule has 102 valence electrons. The summed E-state index contributed by atoms with van der Waals surface area (Å²) in [4.78, 5) is 0.498. The number of aryl methyl sites for hydroxylation is 3. The molecule has 0 aromatic heterocycles. The first kappa shape index (κ1) is 15.8. The van der Waals surface area contributed by atoms with Crippen LogP contribution >= 0.6 is 15.9 Å². The zero-order valence-electron chi connectivity index (χ0n) is 12.5. The zero-order chi connectivity index (χ0) is 13.7. The van der Waals surface area contributed by atoms with E-state index in [-0.39, 0.29) is 0 Å². The lowest BCUT2D eigenvalue weighted by molar-refractivity contribution is 0.550. The fraction of sp³-hybridized carbons (Fsp3) is 0.647. The van der Waals surface area contributed by atoms with Crippen molar-refractivity contribution in [2.75, 3.05) is 0 Å². The third-order valence-corrected chi connectivity index (χ3v) is 5.36. The highest BCUT2D eigenvalue weighted by Crippen LogP contribution is 2.38. The molecule has 1 aromatic rings. The van der Waals surface area contributed by atoms with Crippen LogP contribution in [-0.2, 0) is 19.3 Å². The molecule has 0 N–H and O–H groups in total. The molecular weight excluding hydrogens is 284 g/mol. The molecule has 1 aromatic carbocycles. The normalized spacial score (nSPS) is 14.6. The van der Waals surface area contributed by atoms with Crippen molar-refractivity contribution in [2.45, 2.75) is 65.1 Å². The van der Waals surface area contributed by atoms with Crippen LogP contribution in [0.15, 0.2) is 12.1 Å². The van der Waals surface area contributed by atoms with Gasteiger partial charge in [0.05, 0.1) is 0 Å². The summed E-state index contributed by atoms with van der Waals surface area (Å²) in [6.07, 6.45) is 4.62. The minimum absolute atomic E-state index is 0.498. The molecule has 2 unspecified atom stereocenters. The van der Waals surface area contributed by atoms with Gasteiger partial charge in [0.1, 0.15) is 0 Å². The largest absolute Gasteiger partial charge is 0.0836 e. The maximum absolute atomic E-state index is 3.94. The fourth-order valence-corrected chi connectivity index (χ4v) is 3.45. The number of hydrogen-bond acceptors (Lipinski definition) is 0. The summed E-state index contributed by atoms with van der Waals surface area (Å²) in [5.41, 5.74) is 6.12. The average Bonchev–Trinajstić information content (AvgIpc) is 2.43. The molecule has 0 amide bonds. The maximum Gasteiger partial charge on any atom is 0.0426 e. The van der Waals surface area contributed by atoms with E-state index in [4.69, 9.17) is 0 Å². The van der Waals surface area contributed by atoms with Crippen LogP contribution in [-0.4, -0.2) is 0 Å². The summed E-state index contributed by atoms with van der Waals surface area (Å²) >= 11 is 3.94. The Hall–Kier alpha value is -0.300. The molecule has 0 saturated carbocycles. The number of benzene rings is 1. The summed E-state index contributed by atoms with van der Waals surface area (Å²) in [5, 5.41) is 0.